The van der Waals surface area contributed by atoms with Gasteiger partial charge in [0.05, 0.1) is 31.7 Å². The molecule has 0 aliphatic carbocycles. The summed E-state index contributed by atoms with van der Waals surface area (Å²) in [6.07, 6.45) is 0. The molecule has 2 nitrogen and oxygen atoms in total. The molecule has 8 aromatic carbocycles. The molecule has 0 fully saturated rings. The summed E-state index contributed by atoms with van der Waals surface area (Å²) in [5, 5.41) is 6.78. The number of hydrogen-bond donors (Lipinski definition) is 0. The highest BCUT2D eigenvalue weighted by atomic mass is 28.3. The van der Waals surface area contributed by atoms with Crippen molar-refractivity contribution in [1.29, 1.82) is 0 Å². The smallest absolute Gasteiger partial charge is 0.179 e. The van der Waals surface area contributed by atoms with Crippen molar-refractivity contribution in [2.24, 2.45) is 0 Å². The summed E-state index contributed by atoms with van der Waals surface area (Å²) < 4.78 is 70.6. The molecule has 0 radical (unpaired) electrons. The summed E-state index contributed by atoms with van der Waals surface area (Å²) in [5.74, 6) is 0. The molecule has 288 valence electrons. The lowest BCUT2D eigenvalue weighted by Crippen LogP contribution is -2.74. The highest BCUT2D eigenvalue weighted by molar-refractivity contribution is 7.19. The minimum Gasteiger partial charge on any atom is -0.309 e. The normalized spacial score (nSPS) is 14.2. The van der Waals surface area contributed by atoms with Gasteiger partial charge in [0.25, 0.3) is 0 Å². The SMILES string of the molecule is [2H]c1c([2H])c([2H])c2c(c1[2H])c1c([2H])c(-n3c4ccc(C(C)(C)C)cc4c4cc(C(C)(C)C)ccc43)c([2H])c([2H])c1n2-c1cccc([Si](c2ccccc2)(c2ccccc2)c2ccccc2)c1. The number of rotatable bonds is 6. The van der Waals surface area contributed by atoms with Crippen molar-refractivity contribution in [1.82, 2.24) is 9.13 Å². The Balaban J connectivity index is 1.34. The first-order valence-electron chi connectivity index (χ1n) is 23.9. The Hall–Kier alpha value is -6.42. The molecule has 0 atom stereocenters. The standard InChI is InChI=1S/C56H50N2Si/c1-55(2,3)39-29-32-52-48(35-39)49-36-40(56(4,5)6)30-33-53(49)58(52)42-31-34-54-50(38-42)47-27-16-17-28-51(47)57(54)41-19-18-26-46(37-41)59(43-20-10-7-11-21-43,44-22-12-8-13-23-44)45-24-14-9-15-25-45/h7-38H,1-6H3/i16D,17D,27D,28D,31D,34D,38D. The first-order valence-corrected chi connectivity index (χ1v) is 22.4. The summed E-state index contributed by atoms with van der Waals surface area (Å²) in [7, 11) is -3.08. The zero-order valence-corrected chi connectivity index (χ0v) is 35.3. The molecule has 59 heavy (non-hydrogen) atoms. The molecule has 10 aromatic rings. The zero-order chi connectivity index (χ0) is 46.6. The summed E-state index contributed by atoms with van der Waals surface area (Å²) in [4.78, 5) is 0. The number of para-hydroxylation sites is 1. The van der Waals surface area contributed by atoms with E-state index < -0.39 is 20.2 Å². The average molecular weight is 786 g/mol. The Kier molecular flexibility index (Phi) is 6.98. The first-order chi connectivity index (χ1) is 31.5. The molecule has 10 rings (SSSR count). The molecule has 2 heterocycles. The van der Waals surface area contributed by atoms with Crippen LogP contribution in [0.15, 0.2) is 194 Å². The van der Waals surface area contributed by atoms with Crippen LogP contribution in [-0.2, 0) is 10.8 Å². The first kappa shape index (κ1) is 29.7. The summed E-state index contributed by atoms with van der Waals surface area (Å²) in [6.45, 7) is 13.1. The van der Waals surface area contributed by atoms with E-state index in [2.05, 4.69) is 151 Å². The Bertz CT molecular complexity index is 3400. The molecule has 0 aliphatic rings. The van der Waals surface area contributed by atoms with E-state index in [0.717, 1.165) is 53.7 Å². The molecule has 0 saturated carbocycles. The third-order valence-electron chi connectivity index (χ3n) is 12.0. The maximum absolute atomic E-state index is 10.2. The van der Waals surface area contributed by atoms with E-state index in [1.54, 1.807) is 4.57 Å². The number of aromatic nitrogens is 2. The zero-order valence-electron chi connectivity index (χ0n) is 41.3. The van der Waals surface area contributed by atoms with Gasteiger partial charge in [-0.25, -0.2) is 0 Å². The van der Waals surface area contributed by atoms with Crippen LogP contribution < -0.4 is 20.7 Å². The third-order valence-corrected chi connectivity index (χ3v) is 16.8. The van der Waals surface area contributed by atoms with Crippen LogP contribution in [0.4, 0.5) is 0 Å². The Morgan fingerprint density at radius 1 is 0.390 bits per heavy atom. The predicted octanol–water partition coefficient (Wildman–Crippen LogP) is 11.9. The van der Waals surface area contributed by atoms with E-state index in [-0.39, 0.29) is 68.5 Å². The van der Waals surface area contributed by atoms with E-state index in [1.165, 1.54) is 0 Å². The van der Waals surface area contributed by atoms with Crippen molar-refractivity contribution < 1.29 is 9.60 Å². The van der Waals surface area contributed by atoms with Crippen LogP contribution in [0.3, 0.4) is 0 Å². The highest BCUT2D eigenvalue weighted by Gasteiger charge is 2.41. The number of benzene rings is 8. The second kappa shape index (κ2) is 13.9. The van der Waals surface area contributed by atoms with Gasteiger partial charge in [0.15, 0.2) is 8.07 Å². The largest absolute Gasteiger partial charge is 0.309 e. The Morgan fingerprint density at radius 2 is 0.864 bits per heavy atom. The summed E-state index contributed by atoms with van der Waals surface area (Å²) >= 11 is 0. The third kappa shape index (κ3) is 5.98. The molecular formula is C56H50N2Si. The maximum atomic E-state index is 10.2. The lowest BCUT2D eigenvalue weighted by atomic mass is 9.85. The molecule has 0 N–H and O–H groups in total. The van der Waals surface area contributed by atoms with Crippen LogP contribution >= 0.6 is 0 Å². The van der Waals surface area contributed by atoms with Crippen molar-refractivity contribution in [3.8, 4) is 11.4 Å². The van der Waals surface area contributed by atoms with Gasteiger partial charge in [-0.1, -0.05) is 175 Å². The number of fused-ring (bicyclic) bond motifs is 6. The Morgan fingerprint density at radius 3 is 1.39 bits per heavy atom. The number of hydrogen-bond acceptors (Lipinski definition) is 0. The van der Waals surface area contributed by atoms with Gasteiger partial charge in [0.2, 0.25) is 0 Å². The number of nitrogens with zero attached hydrogens (tertiary/aromatic N) is 2. The molecule has 0 saturated heterocycles. The van der Waals surface area contributed by atoms with Crippen molar-refractivity contribution in [3.05, 3.63) is 205 Å². The van der Waals surface area contributed by atoms with Crippen LogP contribution in [0, 0.1) is 0 Å². The van der Waals surface area contributed by atoms with Crippen molar-refractivity contribution >= 4 is 72.4 Å². The average Bonchev–Trinajstić information content (AvgIpc) is 3.84. The molecule has 2 aromatic heterocycles. The van der Waals surface area contributed by atoms with Crippen LogP contribution in [0.2, 0.25) is 0 Å². The topological polar surface area (TPSA) is 9.86 Å². The van der Waals surface area contributed by atoms with Gasteiger partial charge < -0.3 is 9.13 Å². The maximum Gasteiger partial charge on any atom is 0.179 e. The van der Waals surface area contributed by atoms with Crippen molar-refractivity contribution in [2.75, 3.05) is 0 Å². The second-order valence-corrected chi connectivity index (χ2v) is 21.5. The van der Waals surface area contributed by atoms with Crippen LogP contribution in [0.5, 0.6) is 0 Å². The lowest BCUT2D eigenvalue weighted by Gasteiger charge is -2.34. The molecule has 0 aliphatic heterocycles. The predicted molar refractivity (Wildman–Crippen MR) is 256 cm³/mol. The fourth-order valence-electron chi connectivity index (χ4n) is 9.01. The van der Waals surface area contributed by atoms with E-state index in [1.807, 2.05) is 47.0 Å². The van der Waals surface area contributed by atoms with Gasteiger partial charge in [-0.3, -0.25) is 0 Å². The fraction of sp³-hybridized carbons (Fsp3) is 0.143. The van der Waals surface area contributed by atoms with Crippen LogP contribution in [0.1, 0.15) is 62.3 Å². The van der Waals surface area contributed by atoms with Crippen LogP contribution in [0.25, 0.3) is 55.0 Å². The molecular weight excluding hydrogens is 729 g/mol. The van der Waals surface area contributed by atoms with Crippen LogP contribution in [-0.4, -0.2) is 17.2 Å². The van der Waals surface area contributed by atoms with Gasteiger partial charge in [-0.15, -0.1) is 0 Å². The minimum absolute atomic E-state index is 0.0869. The lowest BCUT2D eigenvalue weighted by molar-refractivity contribution is 0.590. The van der Waals surface area contributed by atoms with Gasteiger partial charge in [-0.2, -0.15) is 0 Å². The fourth-order valence-corrected chi connectivity index (χ4v) is 13.8. The monoisotopic (exact) mass is 785 g/mol. The van der Waals surface area contributed by atoms with E-state index in [9.17, 15) is 6.85 Å². The van der Waals surface area contributed by atoms with Gasteiger partial charge in [0.1, 0.15) is 0 Å². The molecule has 0 amide bonds. The van der Waals surface area contributed by atoms with E-state index in [0.29, 0.717) is 5.69 Å². The highest BCUT2D eigenvalue weighted by Crippen LogP contribution is 2.39. The molecule has 3 heteroatoms. The van der Waals surface area contributed by atoms with Crippen molar-refractivity contribution in [3.63, 3.8) is 0 Å². The molecule has 0 unspecified atom stereocenters. The minimum atomic E-state index is -3.08. The van der Waals surface area contributed by atoms with E-state index >= 15 is 0 Å². The van der Waals surface area contributed by atoms with Gasteiger partial charge in [0, 0.05) is 32.9 Å². The quantitative estimate of drug-likeness (QED) is 0.117. The second-order valence-electron chi connectivity index (χ2n) is 17.7. The molecule has 0 bridgehead atoms. The Labute approximate surface area is 358 Å². The van der Waals surface area contributed by atoms with Crippen molar-refractivity contribution in [2.45, 2.75) is 52.4 Å². The molecule has 0 spiro atoms. The summed E-state index contributed by atoms with van der Waals surface area (Å²) in [5.41, 5.74) is 4.66. The van der Waals surface area contributed by atoms with E-state index in [4.69, 9.17) is 2.74 Å². The van der Waals surface area contributed by atoms with Gasteiger partial charge >= 0.3 is 0 Å². The summed E-state index contributed by atoms with van der Waals surface area (Å²) in [6, 6.07) is 50.5. The van der Waals surface area contributed by atoms with Gasteiger partial charge in [-0.05, 0) is 103 Å².